The lowest BCUT2D eigenvalue weighted by molar-refractivity contribution is -0.116. The summed E-state index contributed by atoms with van der Waals surface area (Å²) in [5, 5.41) is 10.3. The van der Waals surface area contributed by atoms with Crippen LogP contribution in [0.2, 0.25) is 0 Å². The van der Waals surface area contributed by atoms with Crippen LogP contribution >= 0.6 is 0 Å². The van der Waals surface area contributed by atoms with E-state index in [9.17, 15) is 4.79 Å². The van der Waals surface area contributed by atoms with Crippen LogP contribution in [0.25, 0.3) is 6.08 Å². The Hall–Kier alpha value is -2.63. The van der Waals surface area contributed by atoms with Gasteiger partial charge in [0, 0.05) is 18.8 Å². The number of carbonyl (C=O) groups is 1. The molecule has 0 atom stereocenters. The molecule has 0 spiro atoms. The molecule has 0 saturated heterocycles. The van der Waals surface area contributed by atoms with Gasteiger partial charge in [-0.05, 0) is 23.8 Å². The van der Waals surface area contributed by atoms with E-state index in [1.165, 1.54) is 6.08 Å². The molecule has 6 nitrogen and oxygen atoms in total. The zero-order valence-corrected chi connectivity index (χ0v) is 10.6. The van der Waals surface area contributed by atoms with E-state index in [-0.39, 0.29) is 5.91 Å². The standard InChI is InChI=1S/C13H15N5O/c1-18-9-16-17-12(18)8-15-13(19)6-5-10-3-2-4-11(14)7-10/h2-7,9H,8,14H2,1H3,(H,15,19)/b6-5+. The summed E-state index contributed by atoms with van der Waals surface area (Å²) in [7, 11) is 1.82. The molecule has 0 saturated carbocycles. The van der Waals surface area contributed by atoms with Crippen molar-refractivity contribution in [2.24, 2.45) is 7.05 Å². The second-order valence-electron chi connectivity index (χ2n) is 4.08. The summed E-state index contributed by atoms with van der Waals surface area (Å²) in [6.07, 6.45) is 4.76. The summed E-state index contributed by atoms with van der Waals surface area (Å²) >= 11 is 0. The number of nitrogen functional groups attached to an aromatic ring is 1. The van der Waals surface area contributed by atoms with Crippen LogP contribution in [0, 0.1) is 0 Å². The van der Waals surface area contributed by atoms with Crippen molar-refractivity contribution in [2.45, 2.75) is 6.54 Å². The average Bonchev–Trinajstić information content (AvgIpc) is 2.80. The number of nitrogens with zero attached hydrogens (tertiary/aromatic N) is 3. The van der Waals surface area contributed by atoms with Crippen LogP contribution in [0.15, 0.2) is 36.7 Å². The molecule has 0 radical (unpaired) electrons. The van der Waals surface area contributed by atoms with Gasteiger partial charge in [0.25, 0.3) is 0 Å². The third kappa shape index (κ3) is 3.67. The van der Waals surface area contributed by atoms with E-state index in [1.54, 1.807) is 29.1 Å². The van der Waals surface area contributed by atoms with Gasteiger partial charge >= 0.3 is 0 Å². The summed E-state index contributed by atoms with van der Waals surface area (Å²) in [6, 6.07) is 7.31. The van der Waals surface area contributed by atoms with Crippen molar-refractivity contribution in [3.05, 3.63) is 48.1 Å². The SMILES string of the molecule is Cn1cnnc1CNC(=O)/C=C/c1cccc(N)c1. The third-order valence-corrected chi connectivity index (χ3v) is 2.56. The van der Waals surface area contributed by atoms with E-state index in [0.29, 0.717) is 18.1 Å². The first kappa shape index (κ1) is 12.8. The Morgan fingerprint density at radius 3 is 3.05 bits per heavy atom. The smallest absolute Gasteiger partial charge is 0.244 e. The van der Waals surface area contributed by atoms with Gasteiger partial charge in [-0.25, -0.2) is 0 Å². The lowest BCUT2D eigenvalue weighted by Gasteiger charge is -2.01. The summed E-state index contributed by atoms with van der Waals surface area (Å²) in [5.74, 6) is 0.510. The molecule has 0 unspecified atom stereocenters. The van der Waals surface area contributed by atoms with Crippen LogP contribution in [0.1, 0.15) is 11.4 Å². The molecule has 2 aromatic rings. The van der Waals surface area contributed by atoms with Gasteiger partial charge in [-0.3, -0.25) is 4.79 Å². The van der Waals surface area contributed by atoms with Crippen molar-refractivity contribution in [1.29, 1.82) is 0 Å². The van der Waals surface area contributed by atoms with Crippen molar-refractivity contribution in [3.63, 3.8) is 0 Å². The van der Waals surface area contributed by atoms with Crippen LogP contribution in [0.4, 0.5) is 5.69 Å². The summed E-state index contributed by atoms with van der Waals surface area (Å²) < 4.78 is 1.75. The first-order chi connectivity index (χ1) is 9.15. The normalized spacial score (nSPS) is 10.8. The monoisotopic (exact) mass is 257 g/mol. The van der Waals surface area contributed by atoms with E-state index < -0.39 is 0 Å². The number of hydrogen-bond donors (Lipinski definition) is 2. The molecule has 0 aliphatic carbocycles. The highest BCUT2D eigenvalue weighted by molar-refractivity contribution is 5.91. The Labute approximate surface area is 111 Å². The van der Waals surface area contributed by atoms with Crippen molar-refractivity contribution in [2.75, 3.05) is 5.73 Å². The predicted octanol–water partition coefficient (Wildman–Crippen LogP) is 0.727. The molecule has 1 heterocycles. The summed E-state index contributed by atoms with van der Waals surface area (Å²) in [6.45, 7) is 0.344. The van der Waals surface area contributed by atoms with E-state index in [4.69, 9.17) is 5.73 Å². The maximum Gasteiger partial charge on any atom is 0.244 e. The van der Waals surface area contributed by atoms with E-state index in [1.807, 2.05) is 19.2 Å². The summed E-state index contributed by atoms with van der Waals surface area (Å²) in [4.78, 5) is 11.6. The fourth-order valence-corrected chi connectivity index (χ4v) is 1.53. The van der Waals surface area contributed by atoms with Gasteiger partial charge < -0.3 is 15.6 Å². The fourth-order valence-electron chi connectivity index (χ4n) is 1.53. The number of aromatic nitrogens is 3. The van der Waals surface area contributed by atoms with Crippen LogP contribution in [0.5, 0.6) is 0 Å². The van der Waals surface area contributed by atoms with Crippen LogP contribution in [-0.4, -0.2) is 20.7 Å². The Bertz CT molecular complexity index is 603. The van der Waals surface area contributed by atoms with Gasteiger partial charge in [0.1, 0.15) is 6.33 Å². The molecule has 0 aliphatic rings. The maximum absolute atomic E-state index is 11.6. The maximum atomic E-state index is 11.6. The number of benzene rings is 1. The number of nitrogens with two attached hydrogens (primary N) is 1. The number of carbonyl (C=O) groups excluding carboxylic acids is 1. The molecule has 2 rings (SSSR count). The Balaban J connectivity index is 1.89. The lowest BCUT2D eigenvalue weighted by atomic mass is 10.2. The molecule has 1 aromatic carbocycles. The number of rotatable bonds is 4. The Morgan fingerprint density at radius 1 is 1.53 bits per heavy atom. The predicted molar refractivity (Wildman–Crippen MR) is 72.7 cm³/mol. The first-order valence-electron chi connectivity index (χ1n) is 5.79. The van der Waals surface area contributed by atoms with Gasteiger partial charge in [0.15, 0.2) is 5.82 Å². The second kappa shape index (κ2) is 5.81. The topological polar surface area (TPSA) is 85.8 Å². The molecule has 19 heavy (non-hydrogen) atoms. The van der Waals surface area contributed by atoms with Crippen molar-refractivity contribution < 1.29 is 4.79 Å². The van der Waals surface area contributed by atoms with Crippen molar-refractivity contribution >= 4 is 17.7 Å². The third-order valence-electron chi connectivity index (χ3n) is 2.56. The van der Waals surface area contributed by atoms with Crippen LogP contribution in [-0.2, 0) is 18.4 Å². The number of nitrogens with one attached hydrogen (secondary N) is 1. The first-order valence-corrected chi connectivity index (χ1v) is 5.79. The van der Waals surface area contributed by atoms with Crippen molar-refractivity contribution in [1.82, 2.24) is 20.1 Å². The van der Waals surface area contributed by atoms with Gasteiger partial charge in [-0.1, -0.05) is 12.1 Å². The minimum absolute atomic E-state index is 0.189. The van der Waals surface area contributed by atoms with Crippen LogP contribution < -0.4 is 11.1 Å². The van der Waals surface area contributed by atoms with Gasteiger partial charge in [0.05, 0.1) is 6.54 Å². The molecule has 0 fully saturated rings. The summed E-state index contributed by atoms with van der Waals surface area (Å²) in [5.41, 5.74) is 7.20. The number of aryl methyl sites for hydroxylation is 1. The average molecular weight is 257 g/mol. The Kier molecular flexibility index (Phi) is 3.92. The van der Waals surface area contributed by atoms with Crippen LogP contribution in [0.3, 0.4) is 0 Å². The van der Waals surface area contributed by atoms with Gasteiger partial charge in [-0.15, -0.1) is 10.2 Å². The molecule has 0 aliphatic heterocycles. The fraction of sp³-hybridized carbons (Fsp3) is 0.154. The lowest BCUT2D eigenvalue weighted by Crippen LogP contribution is -2.22. The molecular formula is C13H15N5O. The molecular weight excluding hydrogens is 242 g/mol. The van der Waals surface area contributed by atoms with E-state index in [0.717, 1.165) is 5.56 Å². The van der Waals surface area contributed by atoms with E-state index in [2.05, 4.69) is 15.5 Å². The molecule has 0 bridgehead atoms. The van der Waals surface area contributed by atoms with E-state index >= 15 is 0 Å². The molecule has 98 valence electrons. The number of amides is 1. The highest BCUT2D eigenvalue weighted by atomic mass is 16.1. The minimum atomic E-state index is -0.189. The highest BCUT2D eigenvalue weighted by Gasteiger charge is 2.01. The molecule has 3 N–H and O–H groups in total. The Morgan fingerprint density at radius 2 is 2.37 bits per heavy atom. The quantitative estimate of drug-likeness (QED) is 0.624. The highest BCUT2D eigenvalue weighted by Crippen LogP contribution is 2.07. The van der Waals surface area contributed by atoms with Crippen molar-refractivity contribution in [3.8, 4) is 0 Å². The van der Waals surface area contributed by atoms with Gasteiger partial charge in [0.2, 0.25) is 5.91 Å². The zero-order chi connectivity index (χ0) is 13.7. The van der Waals surface area contributed by atoms with Gasteiger partial charge in [-0.2, -0.15) is 0 Å². The minimum Gasteiger partial charge on any atom is -0.399 e. The number of hydrogen-bond acceptors (Lipinski definition) is 4. The second-order valence-corrected chi connectivity index (χ2v) is 4.08. The molecule has 1 aromatic heterocycles. The molecule has 1 amide bonds. The zero-order valence-electron chi connectivity index (χ0n) is 10.6. The largest absolute Gasteiger partial charge is 0.399 e. The number of anilines is 1. The molecule has 6 heteroatoms.